The highest BCUT2D eigenvalue weighted by Gasteiger charge is 2.27. The SMILES string of the molecule is C=CCC(NC(=O)c1cc(S(=O)(=O)CC)cc2c1OCCO2)c1ccc[nH]1.Cl. The van der Waals surface area contributed by atoms with Crippen LogP contribution in [0.2, 0.25) is 0 Å². The van der Waals surface area contributed by atoms with E-state index in [0.29, 0.717) is 19.6 Å². The van der Waals surface area contributed by atoms with Crippen LogP contribution in [0, 0.1) is 0 Å². The average Bonchev–Trinajstić information content (AvgIpc) is 3.21. The number of rotatable bonds is 7. The minimum atomic E-state index is -3.51. The van der Waals surface area contributed by atoms with E-state index in [4.69, 9.17) is 9.47 Å². The van der Waals surface area contributed by atoms with Crippen molar-refractivity contribution in [2.24, 2.45) is 0 Å². The topological polar surface area (TPSA) is 97.5 Å². The summed E-state index contributed by atoms with van der Waals surface area (Å²) < 4.78 is 35.8. The van der Waals surface area contributed by atoms with Crippen LogP contribution in [0.25, 0.3) is 0 Å². The van der Waals surface area contributed by atoms with Crippen molar-refractivity contribution in [1.82, 2.24) is 10.3 Å². The van der Waals surface area contributed by atoms with Crippen LogP contribution < -0.4 is 14.8 Å². The van der Waals surface area contributed by atoms with E-state index in [1.807, 2.05) is 12.1 Å². The van der Waals surface area contributed by atoms with Gasteiger partial charge in [-0.25, -0.2) is 8.42 Å². The van der Waals surface area contributed by atoms with Crippen molar-refractivity contribution >= 4 is 28.2 Å². The van der Waals surface area contributed by atoms with Crippen molar-refractivity contribution in [1.29, 1.82) is 0 Å². The van der Waals surface area contributed by atoms with Gasteiger partial charge in [0.15, 0.2) is 21.3 Å². The lowest BCUT2D eigenvalue weighted by Crippen LogP contribution is -2.30. The third kappa shape index (κ3) is 4.51. The van der Waals surface area contributed by atoms with Gasteiger partial charge >= 0.3 is 0 Å². The maximum atomic E-state index is 13.0. The lowest BCUT2D eigenvalue weighted by Gasteiger charge is -2.23. The Morgan fingerprint density at radius 1 is 1.36 bits per heavy atom. The third-order valence-electron chi connectivity index (χ3n) is 4.30. The fourth-order valence-corrected chi connectivity index (χ4v) is 3.79. The van der Waals surface area contributed by atoms with Crippen molar-refractivity contribution in [3.05, 3.63) is 54.4 Å². The first-order chi connectivity index (χ1) is 13.0. The van der Waals surface area contributed by atoms with Gasteiger partial charge in [-0.15, -0.1) is 19.0 Å². The van der Waals surface area contributed by atoms with Gasteiger partial charge < -0.3 is 19.8 Å². The summed E-state index contributed by atoms with van der Waals surface area (Å²) >= 11 is 0. The van der Waals surface area contributed by atoms with E-state index in [2.05, 4.69) is 16.9 Å². The van der Waals surface area contributed by atoms with E-state index in [1.54, 1.807) is 19.2 Å². The first-order valence-corrected chi connectivity index (χ1v) is 10.3. The number of carbonyl (C=O) groups is 1. The van der Waals surface area contributed by atoms with Crippen LogP contribution in [0.4, 0.5) is 0 Å². The van der Waals surface area contributed by atoms with Crippen LogP contribution in [-0.2, 0) is 9.84 Å². The number of hydrogen-bond acceptors (Lipinski definition) is 5. The molecule has 2 N–H and O–H groups in total. The van der Waals surface area contributed by atoms with Crippen LogP contribution in [0.1, 0.15) is 35.4 Å². The van der Waals surface area contributed by atoms with Crippen LogP contribution in [-0.4, -0.2) is 38.3 Å². The molecule has 1 atom stereocenters. The number of benzene rings is 1. The lowest BCUT2D eigenvalue weighted by molar-refractivity contribution is 0.0924. The molecular weight excluding hydrogens is 404 g/mol. The number of aromatic nitrogens is 1. The molecule has 1 aromatic heterocycles. The smallest absolute Gasteiger partial charge is 0.255 e. The zero-order valence-corrected chi connectivity index (χ0v) is 17.1. The summed E-state index contributed by atoms with van der Waals surface area (Å²) in [7, 11) is -3.51. The number of H-pyrrole nitrogens is 1. The van der Waals surface area contributed by atoms with Gasteiger partial charge in [-0.2, -0.15) is 0 Å². The highest BCUT2D eigenvalue weighted by Crippen LogP contribution is 2.37. The number of hydrogen-bond donors (Lipinski definition) is 2. The second-order valence-electron chi connectivity index (χ2n) is 6.07. The van der Waals surface area contributed by atoms with Gasteiger partial charge in [0.2, 0.25) is 0 Å². The molecule has 152 valence electrons. The molecule has 0 spiro atoms. The predicted molar refractivity (Wildman–Crippen MR) is 108 cm³/mol. The Hall–Kier alpha value is -2.45. The highest BCUT2D eigenvalue weighted by molar-refractivity contribution is 7.91. The van der Waals surface area contributed by atoms with Crippen molar-refractivity contribution in [3.63, 3.8) is 0 Å². The van der Waals surface area contributed by atoms with Crippen molar-refractivity contribution in [2.45, 2.75) is 24.3 Å². The van der Waals surface area contributed by atoms with Crippen LogP contribution in [0.3, 0.4) is 0 Å². The van der Waals surface area contributed by atoms with Gasteiger partial charge in [-0.3, -0.25) is 4.79 Å². The van der Waals surface area contributed by atoms with E-state index < -0.39 is 15.7 Å². The molecule has 1 aliphatic rings. The van der Waals surface area contributed by atoms with Gasteiger partial charge in [0.05, 0.1) is 22.3 Å². The Kier molecular flexibility index (Phi) is 7.15. The number of ether oxygens (including phenoxy) is 2. The average molecular weight is 427 g/mol. The number of aromatic amines is 1. The molecule has 7 nitrogen and oxygen atoms in total. The summed E-state index contributed by atoms with van der Waals surface area (Å²) in [5.41, 5.74) is 0.964. The van der Waals surface area contributed by atoms with E-state index in [-0.39, 0.29) is 46.2 Å². The fourth-order valence-electron chi connectivity index (χ4n) is 2.87. The molecule has 1 aromatic carbocycles. The fraction of sp³-hybridized carbons (Fsp3) is 0.316. The molecule has 9 heteroatoms. The molecule has 1 aliphatic heterocycles. The van der Waals surface area contributed by atoms with Crippen LogP contribution >= 0.6 is 12.4 Å². The second-order valence-corrected chi connectivity index (χ2v) is 8.35. The Balaban J connectivity index is 0.00000280. The Morgan fingerprint density at radius 3 is 2.75 bits per heavy atom. The van der Waals surface area contributed by atoms with Crippen LogP contribution in [0.15, 0.2) is 48.0 Å². The number of amides is 1. The summed E-state index contributed by atoms with van der Waals surface area (Å²) in [6.45, 7) is 5.87. The number of fused-ring (bicyclic) bond motifs is 1. The van der Waals surface area contributed by atoms with Crippen molar-refractivity contribution < 1.29 is 22.7 Å². The zero-order chi connectivity index (χ0) is 19.4. The molecular formula is C19H23ClN2O5S. The minimum absolute atomic E-state index is 0. The lowest BCUT2D eigenvalue weighted by atomic mass is 10.1. The third-order valence-corrected chi connectivity index (χ3v) is 6.02. The van der Waals surface area contributed by atoms with Gasteiger partial charge in [0.25, 0.3) is 5.91 Å². The standard InChI is InChI=1S/C19H22N2O5S.ClH/c1-3-6-16(15-7-5-8-20-15)21-19(22)14-11-13(27(23,24)4-2)12-17-18(14)26-10-9-25-17;/h3,5,7-8,11-12,16,20H,1,4,6,9-10H2,2H3,(H,21,22);1H. The van der Waals surface area contributed by atoms with E-state index in [9.17, 15) is 13.2 Å². The number of carbonyl (C=O) groups excluding carboxylic acids is 1. The molecule has 2 aromatic rings. The number of halogens is 1. The zero-order valence-electron chi connectivity index (χ0n) is 15.4. The molecule has 1 amide bonds. The molecule has 3 rings (SSSR count). The molecule has 0 bridgehead atoms. The van der Waals surface area contributed by atoms with E-state index in [1.165, 1.54) is 12.1 Å². The Labute approximate surface area is 170 Å². The van der Waals surface area contributed by atoms with Gasteiger partial charge in [-0.1, -0.05) is 13.0 Å². The molecule has 0 saturated heterocycles. The second kappa shape index (κ2) is 9.16. The first-order valence-electron chi connectivity index (χ1n) is 8.67. The summed E-state index contributed by atoms with van der Waals surface area (Å²) in [6, 6.07) is 6.14. The highest BCUT2D eigenvalue weighted by atomic mass is 35.5. The molecule has 0 radical (unpaired) electrons. The quantitative estimate of drug-likeness (QED) is 0.663. The molecule has 0 fully saturated rings. The first kappa shape index (κ1) is 21.8. The van der Waals surface area contributed by atoms with Gasteiger partial charge in [0.1, 0.15) is 13.2 Å². The van der Waals surface area contributed by atoms with Crippen molar-refractivity contribution in [3.8, 4) is 11.5 Å². The molecule has 1 unspecified atom stereocenters. The van der Waals surface area contributed by atoms with Crippen molar-refractivity contribution in [2.75, 3.05) is 19.0 Å². The van der Waals surface area contributed by atoms with E-state index >= 15 is 0 Å². The van der Waals surface area contributed by atoms with Crippen LogP contribution in [0.5, 0.6) is 11.5 Å². The number of nitrogens with one attached hydrogen (secondary N) is 2. The molecule has 28 heavy (non-hydrogen) atoms. The largest absolute Gasteiger partial charge is 0.486 e. The Bertz CT molecular complexity index is 941. The normalized spacial score (nSPS) is 13.9. The summed E-state index contributed by atoms with van der Waals surface area (Å²) in [5.74, 6) is 0.0139. The molecule has 0 aliphatic carbocycles. The predicted octanol–water partition coefficient (Wildman–Crippen LogP) is 3.05. The Morgan fingerprint density at radius 2 is 2.11 bits per heavy atom. The van der Waals surface area contributed by atoms with E-state index in [0.717, 1.165) is 5.69 Å². The molecule has 0 saturated carbocycles. The maximum Gasteiger partial charge on any atom is 0.255 e. The molecule has 2 heterocycles. The number of sulfone groups is 1. The van der Waals surface area contributed by atoms with Gasteiger partial charge in [0, 0.05) is 18.0 Å². The maximum absolute atomic E-state index is 13.0. The van der Waals surface area contributed by atoms with Gasteiger partial charge in [-0.05, 0) is 24.6 Å². The summed E-state index contributed by atoms with van der Waals surface area (Å²) in [4.78, 5) is 16.1. The monoisotopic (exact) mass is 426 g/mol. The minimum Gasteiger partial charge on any atom is -0.486 e. The summed E-state index contributed by atoms with van der Waals surface area (Å²) in [6.07, 6.45) is 3.99. The summed E-state index contributed by atoms with van der Waals surface area (Å²) in [5, 5.41) is 2.91.